The predicted octanol–water partition coefficient (Wildman–Crippen LogP) is -0.148. The Kier molecular flexibility index (Phi) is 5.11. The molecule has 0 bridgehead atoms. The second-order valence-electron chi connectivity index (χ2n) is 3.61. The number of carbonyl (C=O) groups is 1. The van der Waals surface area contributed by atoms with Crippen LogP contribution in [0.4, 0.5) is 4.79 Å². The molecule has 0 radical (unpaired) electrons. The van der Waals surface area contributed by atoms with Gasteiger partial charge in [0.2, 0.25) is 0 Å². The summed E-state index contributed by atoms with van der Waals surface area (Å²) < 4.78 is 4.86. The highest BCUT2D eigenvalue weighted by Gasteiger charge is 2.15. The summed E-state index contributed by atoms with van der Waals surface area (Å²) in [6.45, 7) is 4.33. The molecule has 0 aromatic rings. The van der Waals surface area contributed by atoms with Gasteiger partial charge in [-0.05, 0) is 20.8 Å². The molecule has 0 saturated carbocycles. The van der Waals surface area contributed by atoms with Crippen molar-refractivity contribution < 1.29 is 19.7 Å². The van der Waals surface area contributed by atoms with Crippen molar-refractivity contribution in [3.05, 3.63) is 0 Å². The highest BCUT2D eigenvalue weighted by Crippen LogP contribution is 2.06. The van der Waals surface area contributed by atoms with Crippen molar-refractivity contribution in [3.63, 3.8) is 0 Å². The molecule has 6 heteroatoms. The van der Waals surface area contributed by atoms with Crippen LogP contribution in [0.5, 0.6) is 0 Å². The molecule has 0 aromatic carbocycles. The van der Waals surface area contributed by atoms with Gasteiger partial charge in [0.1, 0.15) is 5.60 Å². The van der Waals surface area contributed by atoms with Crippen LogP contribution in [-0.2, 0) is 4.74 Å². The van der Waals surface area contributed by atoms with E-state index < -0.39 is 24.9 Å². The molecule has 0 heterocycles. The van der Waals surface area contributed by atoms with Crippen LogP contribution in [0.2, 0.25) is 0 Å². The number of aliphatic hydroxyl groups is 2. The number of ether oxygens (including phenoxy) is 1. The summed E-state index contributed by atoms with van der Waals surface area (Å²) in [5, 5.41) is 20.6. The fourth-order valence-electron chi connectivity index (χ4n) is 0.546. The van der Waals surface area contributed by atoms with E-state index in [-0.39, 0.29) is 5.71 Å². The number of hydrogen-bond donors (Lipinski definition) is 3. The molecule has 1 amide bonds. The molecule has 0 atom stereocenters. The summed E-state index contributed by atoms with van der Waals surface area (Å²) in [5.41, 5.74) is 1.51. The van der Waals surface area contributed by atoms with E-state index in [1.807, 2.05) is 5.43 Å². The standard InChI is InChI=1S/C8H16N2O4/c1-8(2,3)14-7(13)10-9-6(4-11)5-12/h11-12H,4-5H2,1-3H3,(H,10,13). The summed E-state index contributed by atoms with van der Waals surface area (Å²) in [7, 11) is 0. The molecule has 6 nitrogen and oxygen atoms in total. The number of nitrogens with zero attached hydrogens (tertiary/aromatic N) is 1. The molecule has 0 aliphatic rings. The van der Waals surface area contributed by atoms with Crippen LogP contribution < -0.4 is 5.43 Å². The largest absolute Gasteiger partial charge is 0.443 e. The molecule has 0 spiro atoms. The molecule has 0 fully saturated rings. The molecule has 0 aromatic heterocycles. The molecule has 0 aliphatic heterocycles. The normalized spacial score (nSPS) is 10.6. The molecule has 0 unspecified atom stereocenters. The van der Waals surface area contributed by atoms with E-state index in [0.29, 0.717) is 0 Å². The number of hydrogen-bond acceptors (Lipinski definition) is 5. The van der Waals surface area contributed by atoms with Gasteiger partial charge in [-0.1, -0.05) is 0 Å². The van der Waals surface area contributed by atoms with Crippen molar-refractivity contribution in [2.24, 2.45) is 5.10 Å². The summed E-state index contributed by atoms with van der Waals surface area (Å²) in [6.07, 6.45) is -0.725. The zero-order chi connectivity index (χ0) is 11.2. The summed E-state index contributed by atoms with van der Waals surface area (Å²) in [6, 6.07) is 0. The lowest BCUT2D eigenvalue weighted by molar-refractivity contribution is 0.0528. The van der Waals surface area contributed by atoms with Gasteiger partial charge in [0.25, 0.3) is 0 Å². The minimum Gasteiger partial charge on any atom is -0.443 e. The van der Waals surface area contributed by atoms with Gasteiger partial charge in [0, 0.05) is 0 Å². The number of carbonyl (C=O) groups excluding carboxylic acids is 1. The molecule has 14 heavy (non-hydrogen) atoms. The van der Waals surface area contributed by atoms with E-state index in [0.717, 1.165) is 0 Å². The van der Waals surface area contributed by atoms with Gasteiger partial charge < -0.3 is 14.9 Å². The maximum Gasteiger partial charge on any atom is 0.428 e. The average Bonchev–Trinajstić information content (AvgIpc) is 2.03. The summed E-state index contributed by atoms with van der Waals surface area (Å²) in [4.78, 5) is 11.0. The topological polar surface area (TPSA) is 91.2 Å². The molecule has 0 aliphatic carbocycles. The Bertz CT molecular complexity index is 214. The minimum absolute atomic E-state index is 0.0656. The first-order chi connectivity index (χ1) is 6.39. The van der Waals surface area contributed by atoms with E-state index in [2.05, 4.69) is 5.10 Å². The van der Waals surface area contributed by atoms with Gasteiger partial charge >= 0.3 is 6.09 Å². The molecule has 82 valence electrons. The minimum atomic E-state index is -0.725. The summed E-state index contributed by atoms with van der Waals surface area (Å²) >= 11 is 0. The van der Waals surface area contributed by atoms with Crippen molar-refractivity contribution in [3.8, 4) is 0 Å². The molecular formula is C8H16N2O4. The van der Waals surface area contributed by atoms with Gasteiger partial charge in [-0.25, -0.2) is 10.2 Å². The molecule has 0 rings (SSSR count). The molecule has 0 saturated heterocycles. The van der Waals surface area contributed by atoms with Gasteiger partial charge in [-0.3, -0.25) is 0 Å². The quantitative estimate of drug-likeness (QED) is 0.440. The first kappa shape index (κ1) is 12.9. The Labute approximate surface area is 82.6 Å². The molecular weight excluding hydrogens is 188 g/mol. The average molecular weight is 204 g/mol. The number of nitrogens with one attached hydrogen (secondary N) is 1. The zero-order valence-electron chi connectivity index (χ0n) is 8.57. The summed E-state index contributed by atoms with van der Waals surface area (Å²) in [5.74, 6) is 0. The first-order valence-electron chi connectivity index (χ1n) is 4.15. The van der Waals surface area contributed by atoms with Gasteiger partial charge in [0.15, 0.2) is 0 Å². The Morgan fingerprint density at radius 3 is 2.21 bits per heavy atom. The maximum atomic E-state index is 11.0. The second kappa shape index (κ2) is 5.56. The Balaban J connectivity index is 4.02. The number of hydrazone groups is 1. The third kappa shape index (κ3) is 6.38. The smallest absolute Gasteiger partial charge is 0.428 e. The molecule has 3 N–H and O–H groups in total. The fraction of sp³-hybridized carbons (Fsp3) is 0.750. The lowest BCUT2D eigenvalue weighted by Gasteiger charge is -2.18. The van der Waals surface area contributed by atoms with Crippen molar-refractivity contribution in [1.29, 1.82) is 0 Å². The van der Waals surface area contributed by atoms with Crippen molar-refractivity contribution in [1.82, 2.24) is 5.43 Å². The third-order valence-corrected chi connectivity index (χ3v) is 1.07. The van der Waals surface area contributed by atoms with Crippen LogP contribution in [-0.4, -0.2) is 40.8 Å². The van der Waals surface area contributed by atoms with E-state index in [9.17, 15) is 4.79 Å². The first-order valence-corrected chi connectivity index (χ1v) is 4.15. The van der Waals surface area contributed by atoms with Crippen LogP contribution in [0.3, 0.4) is 0 Å². The Morgan fingerprint density at radius 2 is 1.86 bits per heavy atom. The van der Waals surface area contributed by atoms with Crippen LogP contribution in [0, 0.1) is 0 Å². The van der Waals surface area contributed by atoms with Crippen LogP contribution in [0.25, 0.3) is 0 Å². The number of rotatable bonds is 3. The predicted molar refractivity (Wildman–Crippen MR) is 51.0 cm³/mol. The third-order valence-electron chi connectivity index (χ3n) is 1.07. The van der Waals surface area contributed by atoms with E-state index in [4.69, 9.17) is 14.9 Å². The fourth-order valence-corrected chi connectivity index (χ4v) is 0.546. The highest BCUT2D eigenvalue weighted by molar-refractivity contribution is 5.87. The van der Waals surface area contributed by atoms with E-state index in [1.54, 1.807) is 20.8 Å². The zero-order valence-corrected chi connectivity index (χ0v) is 8.57. The maximum absolute atomic E-state index is 11.0. The Hall–Kier alpha value is -1.14. The SMILES string of the molecule is CC(C)(C)OC(=O)NN=C(CO)CO. The van der Waals surface area contributed by atoms with Gasteiger partial charge in [-0.2, -0.15) is 5.10 Å². The van der Waals surface area contributed by atoms with Gasteiger partial charge in [-0.15, -0.1) is 0 Å². The number of aliphatic hydroxyl groups excluding tert-OH is 2. The van der Waals surface area contributed by atoms with Crippen molar-refractivity contribution >= 4 is 11.8 Å². The van der Waals surface area contributed by atoms with Gasteiger partial charge in [0.05, 0.1) is 18.9 Å². The van der Waals surface area contributed by atoms with Crippen LogP contribution in [0.15, 0.2) is 5.10 Å². The Morgan fingerprint density at radius 1 is 1.36 bits per heavy atom. The van der Waals surface area contributed by atoms with Crippen LogP contribution in [0.1, 0.15) is 20.8 Å². The monoisotopic (exact) mass is 204 g/mol. The van der Waals surface area contributed by atoms with Crippen molar-refractivity contribution in [2.75, 3.05) is 13.2 Å². The number of amides is 1. The second-order valence-corrected chi connectivity index (χ2v) is 3.61. The van der Waals surface area contributed by atoms with E-state index in [1.165, 1.54) is 0 Å². The van der Waals surface area contributed by atoms with Crippen molar-refractivity contribution in [2.45, 2.75) is 26.4 Å². The van der Waals surface area contributed by atoms with E-state index >= 15 is 0 Å². The highest BCUT2D eigenvalue weighted by atomic mass is 16.6. The van der Waals surface area contributed by atoms with Crippen LogP contribution >= 0.6 is 0 Å². The lowest BCUT2D eigenvalue weighted by atomic mass is 10.2. The lowest BCUT2D eigenvalue weighted by Crippen LogP contribution is -2.31.